The maximum absolute atomic E-state index is 11.7. The minimum atomic E-state index is -0.527. The molecule has 0 bridgehead atoms. The van der Waals surface area contributed by atoms with Gasteiger partial charge >= 0.3 is 0 Å². The van der Waals surface area contributed by atoms with Crippen LogP contribution in [0.1, 0.15) is 31.4 Å². The molecule has 1 saturated carbocycles. The van der Waals surface area contributed by atoms with Crippen LogP contribution in [-0.2, 0) is 4.79 Å². The molecule has 0 radical (unpaired) electrons. The zero-order chi connectivity index (χ0) is 13.1. The zero-order valence-corrected chi connectivity index (χ0v) is 10.8. The SMILES string of the molecule is CC(O)c1ccnc(N(C)CC(=O)NC2CC2)c1. The first-order chi connectivity index (χ1) is 8.56. The van der Waals surface area contributed by atoms with Crippen LogP contribution in [0.5, 0.6) is 0 Å². The second kappa shape index (κ2) is 5.35. The number of carbonyl (C=O) groups excluding carboxylic acids is 1. The molecule has 1 aromatic rings. The molecule has 0 saturated heterocycles. The van der Waals surface area contributed by atoms with E-state index in [2.05, 4.69) is 10.3 Å². The number of aliphatic hydroxyl groups is 1. The summed E-state index contributed by atoms with van der Waals surface area (Å²) < 4.78 is 0. The van der Waals surface area contributed by atoms with Crippen molar-refractivity contribution >= 4 is 11.7 Å². The summed E-state index contributed by atoms with van der Waals surface area (Å²) in [6, 6.07) is 3.95. The Morgan fingerprint density at radius 3 is 3.00 bits per heavy atom. The summed E-state index contributed by atoms with van der Waals surface area (Å²) in [5, 5.41) is 12.4. The molecule has 1 aromatic heterocycles. The number of amides is 1. The van der Waals surface area contributed by atoms with Gasteiger partial charge in [0.05, 0.1) is 12.6 Å². The number of aromatic nitrogens is 1. The van der Waals surface area contributed by atoms with E-state index in [0.29, 0.717) is 11.9 Å². The summed E-state index contributed by atoms with van der Waals surface area (Å²) in [6.07, 6.45) is 3.30. The fourth-order valence-corrected chi connectivity index (χ4v) is 1.70. The third-order valence-electron chi connectivity index (χ3n) is 2.97. The fraction of sp³-hybridized carbons (Fsp3) is 0.538. The molecule has 1 aliphatic rings. The lowest BCUT2D eigenvalue weighted by molar-refractivity contribution is -0.119. The molecule has 5 nitrogen and oxygen atoms in total. The van der Waals surface area contributed by atoms with Crippen molar-refractivity contribution in [1.29, 1.82) is 0 Å². The molecule has 2 rings (SSSR count). The number of hydrogen-bond donors (Lipinski definition) is 2. The van der Waals surface area contributed by atoms with Crippen molar-refractivity contribution in [2.45, 2.75) is 31.9 Å². The average Bonchev–Trinajstić information content (AvgIpc) is 3.12. The van der Waals surface area contributed by atoms with Gasteiger partial charge in [-0.05, 0) is 37.5 Å². The van der Waals surface area contributed by atoms with Gasteiger partial charge in [-0.1, -0.05) is 0 Å². The van der Waals surface area contributed by atoms with E-state index in [-0.39, 0.29) is 12.5 Å². The Labute approximate surface area is 107 Å². The van der Waals surface area contributed by atoms with E-state index in [9.17, 15) is 9.90 Å². The van der Waals surface area contributed by atoms with Gasteiger partial charge in [0.15, 0.2) is 0 Å². The van der Waals surface area contributed by atoms with Crippen LogP contribution in [0.2, 0.25) is 0 Å². The van der Waals surface area contributed by atoms with Crippen molar-refractivity contribution in [3.05, 3.63) is 23.9 Å². The number of nitrogens with zero attached hydrogens (tertiary/aromatic N) is 2. The van der Waals surface area contributed by atoms with Crippen LogP contribution in [-0.4, -0.2) is 35.6 Å². The fourth-order valence-electron chi connectivity index (χ4n) is 1.70. The maximum Gasteiger partial charge on any atom is 0.239 e. The van der Waals surface area contributed by atoms with E-state index in [1.165, 1.54) is 0 Å². The Morgan fingerprint density at radius 1 is 1.67 bits per heavy atom. The van der Waals surface area contributed by atoms with Gasteiger partial charge in [0.2, 0.25) is 5.91 Å². The van der Waals surface area contributed by atoms with E-state index < -0.39 is 6.10 Å². The Kier molecular flexibility index (Phi) is 3.81. The van der Waals surface area contributed by atoms with Crippen molar-refractivity contribution < 1.29 is 9.90 Å². The van der Waals surface area contributed by atoms with Gasteiger partial charge < -0.3 is 15.3 Å². The highest BCUT2D eigenvalue weighted by molar-refractivity contribution is 5.81. The largest absolute Gasteiger partial charge is 0.389 e. The standard InChI is InChI=1S/C13H19N3O2/c1-9(17)10-5-6-14-12(7-10)16(2)8-13(18)15-11-3-4-11/h5-7,9,11,17H,3-4,8H2,1-2H3,(H,15,18). The van der Waals surface area contributed by atoms with E-state index in [1.54, 1.807) is 30.2 Å². The van der Waals surface area contributed by atoms with Gasteiger partial charge in [-0.3, -0.25) is 4.79 Å². The topological polar surface area (TPSA) is 65.5 Å². The molecular weight excluding hydrogens is 230 g/mol. The van der Waals surface area contributed by atoms with Gasteiger partial charge in [-0.25, -0.2) is 4.98 Å². The van der Waals surface area contributed by atoms with Gasteiger partial charge in [0, 0.05) is 19.3 Å². The molecule has 0 aromatic carbocycles. The van der Waals surface area contributed by atoms with Crippen LogP contribution in [0.3, 0.4) is 0 Å². The summed E-state index contributed by atoms with van der Waals surface area (Å²) in [5.74, 6) is 0.712. The van der Waals surface area contributed by atoms with Crippen LogP contribution in [0.25, 0.3) is 0 Å². The number of pyridine rings is 1. The Bertz CT molecular complexity index is 430. The van der Waals surface area contributed by atoms with Crippen LogP contribution < -0.4 is 10.2 Å². The van der Waals surface area contributed by atoms with Gasteiger partial charge in [-0.15, -0.1) is 0 Å². The first-order valence-electron chi connectivity index (χ1n) is 6.21. The average molecular weight is 249 g/mol. The summed E-state index contributed by atoms with van der Waals surface area (Å²) in [4.78, 5) is 17.7. The number of aliphatic hydroxyl groups excluding tert-OH is 1. The Balaban J connectivity index is 1.96. The van der Waals surface area contributed by atoms with E-state index in [4.69, 9.17) is 0 Å². The Hall–Kier alpha value is -1.62. The summed E-state index contributed by atoms with van der Waals surface area (Å²) in [6.45, 7) is 1.99. The van der Waals surface area contributed by atoms with Gasteiger partial charge in [0.1, 0.15) is 5.82 Å². The number of hydrogen-bond acceptors (Lipinski definition) is 4. The van der Waals surface area contributed by atoms with E-state index >= 15 is 0 Å². The summed E-state index contributed by atoms with van der Waals surface area (Å²) in [5.41, 5.74) is 0.800. The van der Waals surface area contributed by atoms with Crippen LogP contribution in [0.15, 0.2) is 18.3 Å². The quantitative estimate of drug-likeness (QED) is 0.812. The lowest BCUT2D eigenvalue weighted by Crippen LogP contribution is -2.36. The highest BCUT2D eigenvalue weighted by atomic mass is 16.3. The molecule has 1 amide bonds. The molecule has 18 heavy (non-hydrogen) atoms. The van der Waals surface area contributed by atoms with Gasteiger partial charge in [-0.2, -0.15) is 0 Å². The molecule has 0 spiro atoms. The zero-order valence-electron chi connectivity index (χ0n) is 10.8. The van der Waals surface area contributed by atoms with E-state index in [1.807, 2.05) is 7.05 Å². The lowest BCUT2D eigenvalue weighted by atomic mass is 10.2. The van der Waals surface area contributed by atoms with Crippen molar-refractivity contribution in [3.8, 4) is 0 Å². The van der Waals surface area contributed by atoms with E-state index in [0.717, 1.165) is 18.4 Å². The van der Waals surface area contributed by atoms with Crippen molar-refractivity contribution in [1.82, 2.24) is 10.3 Å². The first-order valence-corrected chi connectivity index (χ1v) is 6.21. The molecule has 0 aliphatic heterocycles. The van der Waals surface area contributed by atoms with Crippen LogP contribution in [0, 0.1) is 0 Å². The van der Waals surface area contributed by atoms with Crippen molar-refractivity contribution in [2.24, 2.45) is 0 Å². The monoisotopic (exact) mass is 249 g/mol. The number of rotatable bonds is 5. The molecule has 1 heterocycles. The van der Waals surface area contributed by atoms with Gasteiger partial charge in [0.25, 0.3) is 0 Å². The molecule has 98 valence electrons. The number of nitrogens with one attached hydrogen (secondary N) is 1. The molecule has 1 fully saturated rings. The highest BCUT2D eigenvalue weighted by Crippen LogP contribution is 2.19. The Morgan fingerprint density at radius 2 is 2.39 bits per heavy atom. The molecule has 1 atom stereocenters. The maximum atomic E-state index is 11.7. The third kappa shape index (κ3) is 3.43. The van der Waals surface area contributed by atoms with Crippen molar-refractivity contribution in [3.63, 3.8) is 0 Å². The van der Waals surface area contributed by atoms with Crippen LogP contribution in [0.4, 0.5) is 5.82 Å². The normalized spacial score (nSPS) is 16.2. The van der Waals surface area contributed by atoms with Crippen LogP contribution >= 0.6 is 0 Å². The second-order valence-corrected chi connectivity index (χ2v) is 4.82. The minimum Gasteiger partial charge on any atom is -0.389 e. The highest BCUT2D eigenvalue weighted by Gasteiger charge is 2.23. The smallest absolute Gasteiger partial charge is 0.239 e. The third-order valence-corrected chi connectivity index (χ3v) is 2.97. The summed E-state index contributed by atoms with van der Waals surface area (Å²) in [7, 11) is 1.82. The minimum absolute atomic E-state index is 0.0178. The lowest BCUT2D eigenvalue weighted by Gasteiger charge is -2.18. The second-order valence-electron chi connectivity index (χ2n) is 4.82. The number of likely N-dealkylation sites (N-methyl/N-ethyl adjacent to an activating group) is 1. The molecule has 1 aliphatic carbocycles. The van der Waals surface area contributed by atoms with Crippen molar-refractivity contribution in [2.75, 3.05) is 18.5 Å². The molecule has 1 unspecified atom stereocenters. The number of carbonyl (C=O) groups is 1. The predicted molar refractivity (Wildman–Crippen MR) is 69.3 cm³/mol. The predicted octanol–water partition coefficient (Wildman–Crippen LogP) is 0.850. The molecule has 5 heteroatoms. The number of anilines is 1. The first kappa shape index (κ1) is 12.8. The molecular formula is C13H19N3O2. The summed E-state index contributed by atoms with van der Waals surface area (Å²) >= 11 is 0. The molecule has 2 N–H and O–H groups in total.